The van der Waals surface area contributed by atoms with Crippen LogP contribution in [0.3, 0.4) is 0 Å². The van der Waals surface area contributed by atoms with Crippen molar-refractivity contribution in [1.82, 2.24) is 0 Å². The summed E-state index contributed by atoms with van der Waals surface area (Å²) in [5, 5.41) is 9.88. The molecule has 0 spiro atoms. The van der Waals surface area contributed by atoms with Crippen LogP contribution in [0.25, 0.3) is 5.73 Å². The van der Waals surface area contributed by atoms with E-state index in [0.29, 0.717) is 13.0 Å². The summed E-state index contributed by atoms with van der Waals surface area (Å²) >= 11 is 0. The molecule has 0 saturated heterocycles. The molecule has 0 aromatic rings. The minimum Gasteiger partial charge on any atom is -0.677 e. The van der Waals surface area contributed by atoms with Gasteiger partial charge in [-0.1, -0.05) is 19.3 Å². The van der Waals surface area contributed by atoms with Gasteiger partial charge in [-0.15, -0.1) is 0 Å². The molecular weight excluding hydrogens is 170 g/mol. The first-order valence-electron chi connectivity index (χ1n) is 3.62. The molecule has 11 heavy (non-hydrogen) atoms. The monoisotopic (exact) mass is 183 g/mol. The molecule has 0 saturated carbocycles. The van der Waals surface area contributed by atoms with Crippen LogP contribution in [-0.4, -0.2) is 50.3 Å². The fourth-order valence-corrected chi connectivity index (χ4v) is 0.748. The Morgan fingerprint density at radius 3 is 2.18 bits per heavy atom. The van der Waals surface area contributed by atoms with E-state index in [4.69, 9.17) is 5.73 Å². The van der Waals surface area contributed by atoms with Crippen LogP contribution >= 0.6 is 0 Å². The molecule has 0 atom stereocenters. The summed E-state index contributed by atoms with van der Waals surface area (Å²) in [6, 6.07) is 0. The van der Waals surface area contributed by atoms with E-state index in [0.717, 1.165) is 19.3 Å². The number of nitrogens with one attached hydrogen (secondary N) is 1. The SMILES string of the molecule is [Ca+2].[NH-]CCCCCCC(=O)[O-]. The van der Waals surface area contributed by atoms with Crippen LogP contribution in [0.5, 0.6) is 0 Å². The molecule has 60 valence electrons. The molecule has 4 heteroatoms. The van der Waals surface area contributed by atoms with Crippen LogP contribution in [0.15, 0.2) is 0 Å². The first-order valence-corrected chi connectivity index (χ1v) is 3.62. The second-order valence-corrected chi connectivity index (χ2v) is 2.29. The predicted molar refractivity (Wildman–Crippen MR) is 43.0 cm³/mol. The van der Waals surface area contributed by atoms with Crippen molar-refractivity contribution in [3.8, 4) is 0 Å². The van der Waals surface area contributed by atoms with Crippen molar-refractivity contribution in [2.75, 3.05) is 6.54 Å². The van der Waals surface area contributed by atoms with Gasteiger partial charge in [0.05, 0.1) is 0 Å². The fraction of sp³-hybridized carbons (Fsp3) is 0.857. The number of hydrogen-bond donors (Lipinski definition) is 0. The number of rotatable bonds is 6. The smallest absolute Gasteiger partial charge is 0.677 e. The Bertz CT molecular complexity index is 98.4. The summed E-state index contributed by atoms with van der Waals surface area (Å²) in [4.78, 5) is 9.88. The second kappa shape index (κ2) is 10.7. The number of unbranched alkanes of at least 4 members (excludes halogenated alkanes) is 3. The topological polar surface area (TPSA) is 63.9 Å². The Labute approximate surface area is 97.3 Å². The molecule has 0 bridgehead atoms. The maximum Gasteiger partial charge on any atom is 2.00 e. The standard InChI is InChI=1S/C7H14NO2.Ca/c8-6-4-2-1-3-5-7(9)10;/h8H,1-6H2,(H,9,10);/q-1;+2/p-1. The zero-order chi connectivity index (χ0) is 7.82. The Balaban J connectivity index is 0. The normalized spacial score (nSPS) is 8.82. The maximum atomic E-state index is 9.88. The van der Waals surface area contributed by atoms with Gasteiger partial charge < -0.3 is 15.6 Å². The van der Waals surface area contributed by atoms with Crippen molar-refractivity contribution >= 4 is 43.7 Å². The Hall–Kier alpha value is 0.690. The third kappa shape index (κ3) is 13.7. The molecule has 0 aromatic heterocycles. The van der Waals surface area contributed by atoms with E-state index in [1.165, 1.54) is 0 Å². The summed E-state index contributed by atoms with van der Waals surface area (Å²) in [7, 11) is 0. The molecule has 0 radical (unpaired) electrons. The van der Waals surface area contributed by atoms with Crippen molar-refractivity contribution in [1.29, 1.82) is 0 Å². The molecule has 3 nitrogen and oxygen atoms in total. The molecule has 0 aromatic carbocycles. The van der Waals surface area contributed by atoms with Gasteiger partial charge in [0.1, 0.15) is 0 Å². The van der Waals surface area contributed by atoms with E-state index in [-0.39, 0.29) is 44.2 Å². The summed E-state index contributed by atoms with van der Waals surface area (Å²) in [5.74, 6) is -0.967. The molecular formula is C7H13CaNO2. The van der Waals surface area contributed by atoms with Crippen LogP contribution in [0.1, 0.15) is 32.1 Å². The number of hydrogen-bond acceptors (Lipinski definition) is 2. The first-order chi connectivity index (χ1) is 4.77. The van der Waals surface area contributed by atoms with E-state index >= 15 is 0 Å². The molecule has 0 fully saturated rings. The van der Waals surface area contributed by atoms with Gasteiger partial charge in [0.25, 0.3) is 0 Å². The third-order valence-corrected chi connectivity index (χ3v) is 1.31. The molecule has 0 rings (SSSR count). The zero-order valence-corrected chi connectivity index (χ0v) is 8.97. The zero-order valence-electron chi connectivity index (χ0n) is 6.77. The van der Waals surface area contributed by atoms with Crippen LogP contribution in [0.4, 0.5) is 0 Å². The fourth-order valence-electron chi connectivity index (χ4n) is 0.748. The van der Waals surface area contributed by atoms with Crippen molar-refractivity contribution < 1.29 is 9.90 Å². The van der Waals surface area contributed by atoms with E-state index in [1.807, 2.05) is 0 Å². The van der Waals surface area contributed by atoms with E-state index in [2.05, 4.69) is 0 Å². The summed E-state index contributed by atoms with van der Waals surface area (Å²) in [5.41, 5.74) is 6.79. The van der Waals surface area contributed by atoms with Crippen LogP contribution in [-0.2, 0) is 4.79 Å². The molecule has 0 aliphatic carbocycles. The quantitative estimate of drug-likeness (QED) is 0.441. The van der Waals surface area contributed by atoms with Crippen molar-refractivity contribution in [3.63, 3.8) is 0 Å². The average molecular weight is 183 g/mol. The van der Waals surface area contributed by atoms with Gasteiger partial charge in [-0.05, 0) is 12.8 Å². The summed E-state index contributed by atoms with van der Waals surface area (Å²) < 4.78 is 0. The van der Waals surface area contributed by atoms with Gasteiger partial charge in [-0.3, -0.25) is 0 Å². The van der Waals surface area contributed by atoms with Gasteiger partial charge in [0.2, 0.25) is 0 Å². The van der Waals surface area contributed by atoms with Gasteiger partial charge in [-0.25, -0.2) is 0 Å². The number of aliphatic carboxylic acids is 1. The van der Waals surface area contributed by atoms with Crippen molar-refractivity contribution in [2.24, 2.45) is 0 Å². The minimum atomic E-state index is -0.967. The first kappa shape index (κ1) is 14.2. The summed E-state index contributed by atoms with van der Waals surface area (Å²) in [6.45, 7) is 0.450. The Morgan fingerprint density at radius 2 is 1.73 bits per heavy atom. The molecule has 0 amide bonds. The average Bonchev–Trinajstić information content (AvgIpc) is 1.87. The Kier molecular flexibility index (Phi) is 13.8. The minimum absolute atomic E-state index is 0. The van der Waals surface area contributed by atoms with Gasteiger partial charge >= 0.3 is 37.7 Å². The molecule has 1 N–H and O–H groups in total. The number of carboxylic acids is 1. The number of carbonyl (C=O) groups is 1. The molecule has 0 aliphatic rings. The second-order valence-electron chi connectivity index (χ2n) is 2.29. The van der Waals surface area contributed by atoms with Crippen molar-refractivity contribution in [3.05, 3.63) is 5.73 Å². The number of carboxylic acid groups (broad SMARTS) is 1. The largest absolute Gasteiger partial charge is 2.00 e. The van der Waals surface area contributed by atoms with Crippen LogP contribution < -0.4 is 5.11 Å². The molecule has 0 aliphatic heterocycles. The van der Waals surface area contributed by atoms with Crippen LogP contribution in [0.2, 0.25) is 0 Å². The number of carbonyl (C=O) groups excluding carboxylic acids is 1. The third-order valence-electron chi connectivity index (χ3n) is 1.31. The van der Waals surface area contributed by atoms with Gasteiger partial charge in [0, 0.05) is 5.97 Å². The van der Waals surface area contributed by atoms with Gasteiger partial charge in [-0.2, -0.15) is 6.54 Å². The predicted octanol–water partition coefficient (Wildman–Crippen LogP) is 0.358. The van der Waals surface area contributed by atoms with Crippen molar-refractivity contribution in [2.45, 2.75) is 32.1 Å². The Morgan fingerprint density at radius 1 is 1.18 bits per heavy atom. The van der Waals surface area contributed by atoms with Crippen LogP contribution in [0, 0.1) is 0 Å². The van der Waals surface area contributed by atoms with E-state index < -0.39 is 5.97 Å². The maximum absolute atomic E-state index is 9.88. The van der Waals surface area contributed by atoms with E-state index in [9.17, 15) is 9.90 Å². The molecule has 0 heterocycles. The van der Waals surface area contributed by atoms with Gasteiger partial charge in [0.15, 0.2) is 0 Å². The molecule has 0 unspecified atom stereocenters. The summed E-state index contributed by atoms with van der Waals surface area (Å²) in [6.07, 6.45) is 3.62. The van der Waals surface area contributed by atoms with E-state index in [1.54, 1.807) is 0 Å².